The molecule has 1 heterocycles. The molecule has 0 saturated heterocycles. The van der Waals surface area contributed by atoms with Crippen LogP contribution in [0.3, 0.4) is 0 Å². The molecule has 0 aliphatic rings. The van der Waals surface area contributed by atoms with E-state index in [-0.39, 0.29) is 12.0 Å². The van der Waals surface area contributed by atoms with Crippen LogP contribution in [0.25, 0.3) is 0 Å². The van der Waals surface area contributed by atoms with Crippen molar-refractivity contribution in [2.75, 3.05) is 12.0 Å². The second-order valence-corrected chi connectivity index (χ2v) is 4.68. The first-order valence-corrected chi connectivity index (χ1v) is 6.63. The fourth-order valence-electron chi connectivity index (χ4n) is 1.41. The number of aromatic nitrogens is 3. The molecule has 0 radical (unpaired) electrons. The van der Waals surface area contributed by atoms with E-state index in [1.807, 2.05) is 38.1 Å². The Morgan fingerprint density at radius 1 is 1.26 bits per heavy atom. The average molecular weight is 277 g/mol. The van der Waals surface area contributed by atoms with Gasteiger partial charge in [-0.25, -0.2) is 5.84 Å². The van der Waals surface area contributed by atoms with E-state index in [2.05, 4.69) is 20.4 Å². The molecule has 0 fully saturated rings. The highest BCUT2D eigenvalue weighted by Gasteiger charge is 2.09. The molecule has 0 aliphatic heterocycles. The molecular weight excluding hydrogens is 262 g/mol. The number of rotatable bonds is 5. The lowest BCUT2D eigenvalue weighted by atomic mass is 10.2. The van der Waals surface area contributed by atoms with Crippen LogP contribution in [0.2, 0.25) is 0 Å². The Labute approximate surface area is 115 Å². The monoisotopic (exact) mass is 277 g/mol. The Hall–Kier alpha value is -1.86. The zero-order valence-electron chi connectivity index (χ0n) is 10.8. The van der Waals surface area contributed by atoms with Crippen LogP contribution in [-0.4, -0.2) is 21.6 Å². The summed E-state index contributed by atoms with van der Waals surface area (Å²) in [6, 6.07) is 8.28. The summed E-state index contributed by atoms with van der Waals surface area (Å²) in [6.07, 6.45) is 0. The number of nitrogens with one attached hydrogen (secondary N) is 1. The molecule has 2 aromatic rings. The van der Waals surface area contributed by atoms with Crippen molar-refractivity contribution < 1.29 is 4.74 Å². The van der Waals surface area contributed by atoms with Gasteiger partial charge in [0.15, 0.2) is 0 Å². The average Bonchev–Trinajstić information content (AvgIpc) is 2.41. The van der Waals surface area contributed by atoms with Gasteiger partial charge in [0.05, 0.1) is 6.61 Å². The molecule has 2 rings (SSSR count). The van der Waals surface area contributed by atoms with Crippen molar-refractivity contribution in [1.82, 2.24) is 15.0 Å². The van der Waals surface area contributed by atoms with Crippen LogP contribution >= 0.6 is 11.8 Å². The molecule has 0 spiro atoms. The van der Waals surface area contributed by atoms with Gasteiger partial charge in [0.1, 0.15) is 0 Å². The lowest BCUT2D eigenvalue weighted by Gasteiger charge is -2.07. The molecule has 0 saturated carbocycles. The van der Waals surface area contributed by atoms with Gasteiger partial charge in [-0.05, 0) is 37.2 Å². The number of ether oxygens (including phenoxy) is 1. The third kappa shape index (κ3) is 3.55. The Balaban J connectivity index is 2.29. The molecule has 3 N–H and O–H groups in total. The van der Waals surface area contributed by atoms with Crippen molar-refractivity contribution in [2.24, 2.45) is 5.84 Å². The predicted molar refractivity (Wildman–Crippen MR) is 74.1 cm³/mol. The van der Waals surface area contributed by atoms with E-state index < -0.39 is 0 Å². The van der Waals surface area contributed by atoms with Crippen molar-refractivity contribution >= 4 is 17.7 Å². The van der Waals surface area contributed by atoms with E-state index in [1.165, 1.54) is 11.8 Å². The number of anilines is 1. The second kappa shape index (κ2) is 6.35. The Bertz CT molecular complexity index is 564. The molecule has 0 aliphatic carbocycles. The van der Waals surface area contributed by atoms with E-state index in [4.69, 9.17) is 10.6 Å². The van der Waals surface area contributed by atoms with E-state index in [0.717, 1.165) is 10.5 Å². The van der Waals surface area contributed by atoms with Gasteiger partial charge in [0.2, 0.25) is 11.1 Å². The minimum absolute atomic E-state index is 0.265. The van der Waals surface area contributed by atoms with E-state index in [9.17, 15) is 0 Å². The first-order valence-electron chi connectivity index (χ1n) is 5.82. The first-order chi connectivity index (χ1) is 9.22. The fourth-order valence-corrected chi connectivity index (χ4v) is 2.24. The van der Waals surface area contributed by atoms with Gasteiger partial charge < -0.3 is 4.74 Å². The van der Waals surface area contributed by atoms with Crippen LogP contribution in [0.4, 0.5) is 5.95 Å². The summed E-state index contributed by atoms with van der Waals surface area (Å²) < 4.78 is 5.29. The molecule has 1 aromatic carbocycles. The first kappa shape index (κ1) is 13.6. The zero-order valence-corrected chi connectivity index (χ0v) is 11.6. The number of hydrogen-bond acceptors (Lipinski definition) is 7. The van der Waals surface area contributed by atoms with Crippen LogP contribution in [-0.2, 0) is 0 Å². The highest BCUT2D eigenvalue weighted by atomic mass is 32.2. The summed E-state index contributed by atoms with van der Waals surface area (Å²) >= 11 is 1.45. The van der Waals surface area contributed by atoms with Crippen LogP contribution < -0.4 is 16.0 Å². The van der Waals surface area contributed by atoms with Crippen molar-refractivity contribution in [3.63, 3.8) is 0 Å². The van der Waals surface area contributed by atoms with Crippen molar-refractivity contribution in [1.29, 1.82) is 0 Å². The Morgan fingerprint density at radius 2 is 2.05 bits per heavy atom. The summed E-state index contributed by atoms with van der Waals surface area (Å²) in [5, 5.41) is 0.542. The molecule has 100 valence electrons. The normalized spacial score (nSPS) is 10.3. The number of aryl methyl sites for hydroxylation is 1. The van der Waals surface area contributed by atoms with Gasteiger partial charge in [0, 0.05) is 4.90 Å². The quantitative estimate of drug-likeness (QED) is 0.638. The van der Waals surface area contributed by atoms with Crippen LogP contribution in [0.5, 0.6) is 6.01 Å². The minimum atomic E-state index is 0.265. The summed E-state index contributed by atoms with van der Waals surface area (Å²) in [4.78, 5) is 13.5. The summed E-state index contributed by atoms with van der Waals surface area (Å²) in [5.41, 5.74) is 3.57. The Kier molecular flexibility index (Phi) is 4.53. The van der Waals surface area contributed by atoms with E-state index >= 15 is 0 Å². The number of hydrazine groups is 1. The standard InChI is InChI=1S/C12H15N5OS/c1-3-18-11-14-10(17-13)15-12(16-11)19-9-7-5-4-6-8(9)2/h4-7H,3,13H2,1-2H3,(H,14,15,16,17). The fraction of sp³-hybridized carbons (Fsp3) is 0.250. The SMILES string of the molecule is CCOc1nc(NN)nc(Sc2ccccc2C)n1. The van der Waals surface area contributed by atoms with E-state index in [1.54, 1.807) is 0 Å². The van der Waals surface area contributed by atoms with E-state index in [0.29, 0.717) is 11.8 Å². The summed E-state index contributed by atoms with van der Waals surface area (Å²) in [7, 11) is 0. The smallest absolute Gasteiger partial charge is 0.322 e. The lowest BCUT2D eigenvalue weighted by Crippen LogP contribution is -2.12. The Morgan fingerprint density at radius 3 is 2.74 bits per heavy atom. The molecule has 6 nitrogen and oxygen atoms in total. The molecule has 0 bridgehead atoms. The number of nitrogens with zero attached hydrogens (tertiary/aromatic N) is 3. The highest BCUT2D eigenvalue weighted by molar-refractivity contribution is 7.99. The number of nitrogens with two attached hydrogens (primary N) is 1. The maximum absolute atomic E-state index is 5.34. The van der Waals surface area contributed by atoms with Crippen molar-refractivity contribution in [2.45, 2.75) is 23.9 Å². The second-order valence-electron chi connectivity index (χ2n) is 3.67. The van der Waals surface area contributed by atoms with Gasteiger partial charge in [-0.1, -0.05) is 18.2 Å². The zero-order chi connectivity index (χ0) is 13.7. The highest BCUT2D eigenvalue weighted by Crippen LogP contribution is 2.28. The van der Waals surface area contributed by atoms with Crippen molar-refractivity contribution in [3.05, 3.63) is 29.8 Å². The maximum Gasteiger partial charge on any atom is 0.322 e. The third-order valence-electron chi connectivity index (χ3n) is 2.29. The molecule has 7 heteroatoms. The van der Waals surface area contributed by atoms with Crippen LogP contribution in [0, 0.1) is 6.92 Å². The number of benzene rings is 1. The van der Waals surface area contributed by atoms with Gasteiger partial charge in [-0.15, -0.1) is 0 Å². The third-order valence-corrected chi connectivity index (χ3v) is 3.33. The van der Waals surface area contributed by atoms with Crippen LogP contribution in [0.15, 0.2) is 34.3 Å². The molecular formula is C12H15N5OS. The van der Waals surface area contributed by atoms with Gasteiger partial charge in [-0.3, -0.25) is 5.43 Å². The molecule has 1 aromatic heterocycles. The van der Waals surface area contributed by atoms with Gasteiger partial charge in [0.25, 0.3) is 0 Å². The molecule has 0 atom stereocenters. The van der Waals surface area contributed by atoms with Gasteiger partial charge in [-0.2, -0.15) is 15.0 Å². The van der Waals surface area contributed by atoms with Crippen molar-refractivity contribution in [3.8, 4) is 6.01 Å². The van der Waals surface area contributed by atoms with Gasteiger partial charge >= 0.3 is 6.01 Å². The molecule has 0 unspecified atom stereocenters. The summed E-state index contributed by atoms with van der Waals surface area (Å²) in [5.74, 6) is 5.63. The summed E-state index contributed by atoms with van der Waals surface area (Å²) in [6.45, 7) is 4.39. The van der Waals surface area contributed by atoms with Crippen LogP contribution in [0.1, 0.15) is 12.5 Å². The predicted octanol–water partition coefficient (Wildman–Crippen LogP) is 2.02. The molecule has 0 amide bonds. The minimum Gasteiger partial charge on any atom is -0.464 e. The maximum atomic E-state index is 5.34. The topological polar surface area (TPSA) is 86.0 Å². The number of nitrogen functional groups attached to an aromatic ring is 1. The number of hydrogen-bond donors (Lipinski definition) is 2. The molecule has 19 heavy (non-hydrogen) atoms. The largest absolute Gasteiger partial charge is 0.464 e. The lowest BCUT2D eigenvalue weighted by molar-refractivity contribution is 0.308.